The number of aromatic hydroxyl groups is 2. The highest BCUT2D eigenvalue weighted by Crippen LogP contribution is 2.29. The molecule has 0 unspecified atom stereocenters. The monoisotopic (exact) mass is 508 g/mol. The van der Waals surface area contributed by atoms with Gasteiger partial charge in [0.2, 0.25) is 0 Å². The topological polar surface area (TPSA) is 74.4 Å². The molecule has 0 spiro atoms. The van der Waals surface area contributed by atoms with Gasteiger partial charge in [-0.05, 0) is 82.2 Å². The summed E-state index contributed by atoms with van der Waals surface area (Å²) >= 11 is 0. The number of rotatable bonds is 6. The Bertz CT molecular complexity index is 1700. The average Bonchev–Trinajstić information content (AvgIpc) is 2.98. The van der Waals surface area contributed by atoms with Crippen molar-refractivity contribution in [2.75, 3.05) is 0 Å². The summed E-state index contributed by atoms with van der Waals surface area (Å²) in [5, 5.41) is 24.6. The van der Waals surface area contributed by atoms with Crippen molar-refractivity contribution in [2.45, 2.75) is 0 Å². The fraction of sp³-hybridized carbons (Fsp3) is 0. The van der Waals surface area contributed by atoms with Gasteiger partial charge in [-0.1, -0.05) is 60.7 Å². The molecule has 2 N–H and O–H groups in total. The third-order valence-electron chi connectivity index (χ3n) is 6.49. The highest BCUT2D eigenvalue weighted by Gasteiger charge is 2.06. The molecule has 0 heterocycles. The largest absolute Gasteiger partial charge is 0.507 e. The van der Waals surface area contributed by atoms with Crippen LogP contribution in [0.4, 0.5) is 11.4 Å². The lowest BCUT2D eigenvalue weighted by molar-refractivity contribution is 0.475. The molecule has 188 valence electrons. The van der Waals surface area contributed by atoms with Crippen molar-refractivity contribution in [3.05, 3.63) is 132 Å². The van der Waals surface area contributed by atoms with Crippen LogP contribution in [0.2, 0.25) is 0 Å². The molecule has 0 radical (unpaired) electrons. The molecule has 0 bridgehead atoms. The Morgan fingerprint density at radius 1 is 0.462 bits per heavy atom. The number of phenols is 2. The van der Waals surface area contributed by atoms with Crippen molar-refractivity contribution in [3.8, 4) is 23.0 Å². The van der Waals surface area contributed by atoms with Crippen LogP contribution >= 0.6 is 0 Å². The minimum absolute atomic E-state index is 0.194. The molecule has 5 nitrogen and oxygen atoms in total. The summed E-state index contributed by atoms with van der Waals surface area (Å²) in [6, 6.07) is 37.8. The first-order chi connectivity index (χ1) is 19.1. The van der Waals surface area contributed by atoms with E-state index in [2.05, 4.69) is 9.98 Å². The lowest BCUT2D eigenvalue weighted by atomic mass is 10.0. The molecule has 0 fully saturated rings. The van der Waals surface area contributed by atoms with E-state index in [9.17, 15) is 10.2 Å². The van der Waals surface area contributed by atoms with Gasteiger partial charge >= 0.3 is 0 Å². The second-order valence-corrected chi connectivity index (χ2v) is 9.05. The molecule has 0 aromatic heterocycles. The zero-order valence-corrected chi connectivity index (χ0v) is 20.9. The summed E-state index contributed by atoms with van der Waals surface area (Å²) in [4.78, 5) is 9.09. The summed E-state index contributed by atoms with van der Waals surface area (Å²) in [5.41, 5.74) is 2.87. The van der Waals surface area contributed by atoms with Crippen LogP contribution < -0.4 is 4.74 Å². The number of benzene rings is 6. The van der Waals surface area contributed by atoms with Crippen LogP contribution in [0.1, 0.15) is 11.1 Å². The van der Waals surface area contributed by atoms with E-state index in [4.69, 9.17) is 4.74 Å². The van der Waals surface area contributed by atoms with Crippen molar-refractivity contribution in [3.63, 3.8) is 0 Å². The van der Waals surface area contributed by atoms with Crippen LogP contribution in [-0.4, -0.2) is 22.6 Å². The van der Waals surface area contributed by atoms with Gasteiger partial charge < -0.3 is 14.9 Å². The fourth-order valence-electron chi connectivity index (χ4n) is 4.45. The quantitative estimate of drug-likeness (QED) is 0.221. The summed E-state index contributed by atoms with van der Waals surface area (Å²) in [7, 11) is 0. The standard InChI is InChI=1S/C34H24N2O3/c37-33-19-9-23-5-1-3-7-29(23)31(33)21-35-25-11-15-27(16-12-25)39-28-17-13-26(14-18-28)36-22-32-30-8-4-2-6-24(30)10-20-34(32)38/h1-22,37-38H. The molecule has 5 heteroatoms. The van der Waals surface area contributed by atoms with E-state index < -0.39 is 0 Å². The van der Waals surface area contributed by atoms with Gasteiger partial charge in [0.1, 0.15) is 23.0 Å². The van der Waals surface area contributed by atoms with Crippen LogP contribution in [-0.2, 0) is 0 Å². The van der Waals surface area contributed by atoms with Gasteiger partial charge in [-0.15, -0.1) is 0 Å². The van der Waals surface area contributed by atoms with Gasteiger partial charge in [0, 0.05) is 23.6 Å². The molecular formula is C34H24N2O3. The Morgan fingerprint density at radius 3 is 1.31 bits per heavy atom. The molecule has 0 saturated heterocycles. The third-order valence-corrected chi connectivity index (χ3v) is 6.49. The molecule has 6 rings (SSSR count). The second-order valence-electron chi connectivity index (χ2n) is 9.05. The smallest absolute Gasteiger partial charge is 0.127 e. The normalized spacial score (nSPS) is 11.6. The number of hydrogen-bond acceptors (Lipinski definition) is 5. The first-order valence-corrected chi connectivity index (χ1v) is 12.5. The maximum absolute atomic E-state index is 10.3. The Labute approximate surface area is 225 Å². The van der Waals surface area contributed by atoms with E-state index in [-0.39, 0.29) is 11.5 Å². The Kier molecular flexibility index (Phi) is 6.46. The predicted molar refractivity (Wildman–Crippen MR) is 159 cm³/mol. The lowest BCUT2D eigenvalue weighted by Gasteiger charge is -2.07. The first-order valence-electron chi connectivity index (χ1n) is 12.5. The Morgan fingerprint density at radius 2 is 0.872 bits per heavy atom. The number of ether oxygens (including phenoxy) is 1. The molecule has 6 aromatic rings. The molecule has 0 atom stereocenters. The van der Waals surface area contributed by atoms with E-state index in [1.807, 2.05) is 109 Å². The molecule has 0 aliphatic heterocycles. The zero-order chi connectivity index (χ0) is 26.6. The number of hydrogen-bond donors (Lipinski definition) is 2. The SMILES string of the molecule is Oc1ccc2ccccc2c1C=Nc1ccc(Oc2ccc(N=Cc3c(O)ccc4ccccc34)cc2)cc1. The predicted octanol–water partition coefficient (Wildman–Crippen LogP) is 8.70. The average molecular weight is 509 g/mol. The highest BCUT2D eigenvalue weighted by atomic mass is 16.5. The van der Waals surface area contributed by atoms with E-state index in [1.54, 1.807) is 24.6 Å². The van der Waals surface area contributed by atoms with Crippen LogP contribution in [0.25, 0.3) is 21.5 Å². The van der Waals surface area contributed by atoms with E-state index >= 15 is 0 Å². The van der Waals surface area contributed by atoms with Crippen molar-refractivity contribution in [1.29, 1.82) is 0 Å². The summed E-state index contributed by atoms with van der Waals surface area (Å²) in [6.07, 6.45) is 3.37. The van der Waals surface area contributed by atoms with Crippen LogP contribution in [0.3, 0.4) is 0 Å². The van der Waals surface area contributed by atoms with Crippen molar-refractivity contribution < 1.29 is 14.9 Å². The number of phenolic OH excluding ortho intramolecular Hbond substituents is 2. The van der Waals surface area contributed by atoms with E-state index in [0.717, 1.165) is 32.9 Å². The molecule has 0 saturated carbocycles. The maximum atomic E-state index is 10.3. The van der Waals surface area contributed by atoms with E-state index in [0.29, 0.717) is 22.6 Å². The molecular weight excluding hydrogens is 484 g/mol. The third kappa shape index (κ3) is 5.20. The summed E-state index contributed by atoms with van der Waals surface area (Å²) < 4.78 is 5.98. The molecule has 6 aromatic carbocycles. The zero-order valence-electron chi connectivity index (χ0n) is 20.9. The van der Waals surface area contributed by atoms with E-state index in [1.165, 1.54) is 0 Å². The van der Waals surface area contributed by atoms with Crippen molar-refractivity contribution >= 4 is 45.3 Å². The minimum Gasteiger partial charge on any atom is -0.507 e. The minimum atomic E-state index is 0.194. The molecule has 39 heavy (non-hydrogen) atoms. The fourth-order valence-corrected chi connectivity index (χ4v) is 4.45. The number of aliphatic imine (C=N–C) groups is 2. The van der Waals surface area contributed by atoms with Gasteiger partial charge in [-0.3, -0.25) is 9.98 Å². The summed E-state index contributed by atoms with van der Waals surface area (Å²) in [6.45, 7) is 0. The molecule has 0 aliphatic rings. The van der Waals surface area contributed by atoms with Gasteiger partial charge in [0.15, 0.2) is 0 Å². The highest BCUT2D eigenvalue weighted by molar-refractivity contribution is 6.03. The maximum Gasteiger partial charge on any atom is 0.127 e. The summed E-state index contributed by atoms with van der Waals surface area (Å²) in [5.74, 6) is 1.75. The number of fused-ring (bicyclic) bond motifs is 2. The van der Waals surface area contributed by atoms with Gasteiger partial charge in [0.25, 0.3) is 0 Å². The van der Waals surface area contributed by atoms with Crippen molar-refractivity contribution in [1.82, 2.24) is 0 Å². The van der Waals surface area contributed by atoms with Crippen LogP contribution in [0, 0.1) is 0 Å². The lowest BCUT2D eigenvalue weighted by Crippen LogP contribution is -1.86. The number of nitrogens with zero attached hydrogens (tertiary/aromatic N) is 2. The Hall–Kier alpha value is -5.42. The van der Waals surface area contributed by atoms with Gasteiger partial charge in [-0.25, -0.2) is 0 Å². The van der Waals surface area contributed by atoms with Crippen LogP contribution in [0.5, 0.6) is 23.0 Å². The van der Waals surface area contributed by atoms with Gasteiger partial charge in [-0.2, -0.15) is 0 Å². The molecule has 0 amide bonds. The van der Waals surface area contributed by atoms with Gasteiger partial charge in [0.05, 0.1) is 11.4 Å². The first kappa shape index (κ1) is 23.9. The second kappa shape index (κ2) is 10.5. The Balaban J connectivity index is 1.14. The van der Waals surface area contributed by atoms with Crippen molar-refractivity contribution in [2.24, 2.45) is 9.98 Å². The molecule has 0 aliphatic carbocycles. The van der Waals surface area contributed by atoms with Crippen LogP contribution in [0.15, 0.2) is 131 Å².